The van der Waals surface area contributed by atoms with E-state index >= 15 is 0 Å². The fourth-order valence-electron chi connectivity index (χ4n) is 4.00. The highest BCUT2D eigenvalue weighted by Gasteiger charge is 2.42. The first-order valence-corrected chi connectivity index (χ1v) is 8.67. The summed E-state index contributed by atoms with van der Waals surface area (Å²) in [7, 11) is 1.61. The van der Waals surface area contributed by atoms with Gasteiger partial charge in [0.2, 0.25) is 17.7 Å². The van der Waals surface area contributed by atoms with Crippen LogP contribution in [0.5, 0.6) is 5.88 Å². The first kappa shape index (κ1) is 14.7. The molecule has 0 N–H and O–H groups in total. The van der Waals surface area contributed by atoms with Crippen molar-refractivity contribution in [2.24, 2.45) is 11.8 Å². The van der Waals surface area contributed by atoms with Crippen LogP contribution in [0.25, 0.3) is 0 Å². The lowest BCUT2D eigenvalue weighted by atomic mass is 9.83. The average molecular weight is 316 g/mol. The highest BCUT2D eigenvalue weighted by atomic mass is 16.5. The Morgan fingerprint density at radius 1 is 1.26 bits per heavy atom. The number of aromatic nitrogens is 2. The molecular weight excluding hydrogens is 292 g/mol. The lowest BCUT2D eigenvalue weighted by molar-refractivity contribution is -0.141. The fraction of sp³-hybridized carbons (Fsp3) is 0.706. The van der Waals surface area contributed by atoms with Crippen molar-refractivity contribution in [3.8, 4) is 5.88 Å². The summed E-state index contributed by atoms with van der Waals surface area (Å²) >= 11 is 0. The minimum atomic E-state index is 0.0867. The number of methoxy groups -OCH3 is 1. The van der Waals surface area contributed by atoms with Gasteiger partial charge in [-0.1, -0.05) is 6.42 Å². The van der Waals surface area contributed by atoms with Crippen LogP contribution in [0.15, 0.2) is 12.3 Å². The molecule has 1 saturated carbocycles. The van der Waals surface area contributed by atoms with Crippen molar-refractivity contribution in [2.45, 2.75) is 38.1 Å². The minimum absolute atomic E-state index is 0.0867. The molecule has 1 aromatic heterocycles. The average Bonchev–Trinajstić information content (AvgIpc) is 2.83. The maximum absolute atomic E-state index is 12.8. The summed E-state index contributed by atoms with van der Waals surface area (Å²) in [6.07, 6.45) is 7.70. The number of amides is 1. The molecule has 0 spiro atoms. The molecule has 4 aliphatic rings. The second kappa shape index (κ2) is 5.98. The Labute approximate surface area is 136 Å². The van der Waals surface area contributed by atoms with E-state index in [4.69, 9.17) is 4.74 Å². The third kappa shape index (κ3) is 2.75. The molecule has 23 heavy (non-hydrogen) atoms. The van der Waals surface area contributed by atoms with E-state index in [-0.39, 0.29) is 5.92 Å². The summed E-state index contributed by atoms with van der Waals surface area (Å²) in [5, 5.41) is 0. The van der Waals surface area contributed by atoms with Gasteiger partial charge in [0, 0.05) is 37.9 Å². The molecule has 4 fully saturated rings. The number of carbonyl (C=O) groups excluding carboxylic acids is 1. The molecule has 0 radical (unpaired) electrons. The van der Waals surface area contributed by atoms with Gasteiger partial charge in [-0.25, -0.2) is 4.98 Å². The van der Waals surface area contributed by atoms with Crippen molar-refractivity contribution >= 4 is 11.9 Å². The summed E-state index contributed by atoms with van der Waals surface area (Å²) in [6.45, 7) is 2.51. The molecule has 3 aliphatic heterocycles. The minimum Gasteiger partial charge on any atom is -0.481 e. The van der Waals surface area contributed by atoms with E-state index in [1.807, 2.05) is 0 Å². The Morgan fingerprint density at radius 2 is 2.13 bits per heavy atom. The number of piperidine rings is 1. The largest absolute Gasteiger partial charge is 0.481 e. The van der Waals surface area contributed by atoms with Crippen molar-refractivity contribution in [1.29, 1.82) is 0 Å². The van der Waals surface area contributed by atoms with E-state index < -0.39 is 0 Å². The number of anilines is 1. The Kier molecular flexibility index (Phi) is 3.83. The lowest BCUT2D eigenvalue weighted by Gasteiger charge is -2.40. The number of hydrogen-bond donors (Lipinski definition) is 0. The van der Waals surface area contributed by atoms with E-state index in [1.54, 1.807) is 19.4 Å². The summed E-state index contributed by atoms with van der Waals surface area (Å²) in [6, 6.07) is 2.06. The molecule has 1 amide bonds. The topological polar surface area (TPSA) is 58.6 Å². The molecule has 0 unspecified atom stereocenters. The predicted octanol–water partition coefficient (Wildman–Crippen LogP) is 1.71. The smallest absolute Gasteiger partial charge is 0.228 e. The zero-order chi connectivity index (χ0) is 15.8. The van der Waals surface area contributed by atoms with Crippen LogP contribution in [0.4, 0.5) is 5.95 Å². The normalized spacial score (nSPS) is 27.8. The maximum Gasteiger partial charge on any atom is 0.228 e. The van der Waals surface area contributed by atoms with Crippen molar-refractivity contribution in [3.05, 3.63) is 12.3 Å². The molecule has 124 valence electrons. The van der Waals surface area contributed by atoms with Crippen LogP contribution in [-0.2, 0) is 4.79 Å². The number of carbonyl (C=O) groups is 1. The quantitative estimate of drug-likeness (QED) is 0.846. The third-order valence-corrected chi connectivity index (χ3v) is 5.58. The van der Waals surface area contributed by atoms with Crippen molar-refractivity contribution in [3.63, 3.8) is 0 Å². The van der Waals surface area contributed by atoms with Gasteiger partial charge in [-0.15, -0.1) is 0 Å². The number of rotatable bonds is 4. The number of nitrogens with zero attached hydrogens (tertiary/aromatic N) is 4. The SMILES string of the molecule is COc1ccnc(N2C[C@@H]3CC[C@H](C2)N(CC2CCC2)C3=O)n1. The van der Waals surface area contributed by atoms with Crippen LogP contribution >= 0.6 is 0 Å². The van der Waals surface area contributed by atoms with E-state index in [9.17, 15) is 4.79 Å². The van der Waals surface area contributed by atoms with Crippen LogP contribution in [0.2, 0.25) is 0 Å². The molecule has 0 aromatic carbocycles. The Morgan fingerprint density at radius 3 is 2.87 bits per heavy atom. The highest BCUT2D eigenvalue weighted by molar-refractivity contribution is 5.81. The molecule has 1 aromatic rings. The summed E-state index contributed by atoms with van der Waals surface area (Å²) in [4.78, 5) is 26.0. The first-order chi connectivity index (χ1) is 11.2. The van der Waals surface area contributed by atoms with Gasteiger partial charge in [-0.3, -0.25) is 4.79 Å². The lowest BCUT2D eigenvalue weighted by Crippen LogP contribution is -2.50. The highest BCUT2D eigenvalue weighted by Crippen LogP contribution is 2.34. The fourth-order valence-corrected chi connectivity index (χ4v) is 4.00. The molecule has 2 bridgehead atoms. The second-order valence-corrected chi connectivity index (χ2v) is 7.02. The van der Waals surface area contributed by atoms with E-state index in [0.717, 1.165) is 38.4 Å². The Hall–Kier alpha value is -1.85. The van der Waals surface area contributed by atoms with E-state index in [2.05, 4.69) is 19.8 Å². The molecule has 6 nitrogen and oxygen atoms in total. The Balaban J connectivity index is 1.55. The van der Waals surface area contributed by atoms with E-state index in [1.165, 1.54) is 19.3 Å². The van der Waals surface area contributed by atoms with Crippen molar-refractivity contribution in [2.75, 3.05) is 31.6 Å². The molecule has 5 rings (SSSR count). The molecular formula is C17H24N4O2. The van der Waals surface area contributed by atoms with Crippen LogP contribution in [0.3, 0.4) is 0 Å². The van der Waals surface area contributed by atoms with Gasteiger partial charge in [0.1, 0.15) is 0 Å². The monoisotopic (exact) mass is 316 g/mol. The van der Waals surface area contributed by atoms with Gasteiger partial charge in [0.15, 0.2) is 0 Å². The molecule has 4 heterocycles. The number of hydrogen-bond acceptors (Lipinski definition) is 5. The standard InChI is InChI=1S/C17H24N4O2/c1-23-15-7-8-18-17(19-15)20-10-13-5-6-14(11-20)21(16(13)22)9-12-3-2-4-12/h7-8,12-14H,2-6,9-11H2,1H3/t13-,14+/m0/s1. The van der Waals surface area contributed by atoms with E-state index in [0.29, 0.717) is 23.8 Å². The Bertz CT molecular complexity index is 590. The third-order valence-electron chi connectivity index (χ3n) is 5.58. The summed E-state index contributed by atoms with van der Waals surface area (Å²) in [5.41, 5.74) is 0. The van der Waals surface area contributed by atoms with Crippen LogP contribution in [-0.4, -0.2) is 53.6 Å². The zero-order valence-corrected chi connectivity index (χ0v) is 13.6. The first-order valence-electron chi connectivity index (χ1n) is 8.67. The van der Waals surface area contributed by atoms with Crippen LogP contribution in [0.1, 0.15) is 32.1 Å². The van der Waals surface area contributed by atoms with Crippen molar-refractivity contribution < 1.29 is 9.53 Å². The van der Waals surface area contributed by atoms with Crippen LogP contribution in [0, 0.1) is 11.8 Å². The molecule has 2 atom stereocenters. The van der Waals surface area contributed by atoms with Crippen molar-refractivity contribution in [1.82, 2.24) is 14.9 Å². The zero-order valence-electron chi connectivity index (χ0n) is 13.6. The maximum atomic E-state index is 12.8. The van der Waals surface area contributed by atoms with Gasteiger partial charge >= 0.3 is 0 Å². The molecule has 1 aliphatic carbocycles. The van der Waals surface area contributed by atoms with Gasteiger partial charge in [-0.05, 0) is 31.6 Å². The number of ether oxygens (including phenoxy) is 1. The second-order valence-electron chi connectivity index (χ2n) is 7.02. The molecule has 3 saturated heterocycles. The summed E-state index contributed by atoms with van der Waals surface area (Å²) in [5.74, 6) is 2.41. The number of fused-ring (bicyclic) bond motifs is 4. The van der Waals surface area contributed by atoms with Gasteiger partial charge in [0.05, 0.1) is 13.0 Å². The van der Waals surface area contributed by atoms with Gasteiger partial charge in [0.25, 0.3) is 0 Å². The molecule has 6 heteroatoms. The van der Waals surface area contributed by atoms with Gasteiger partial charge in [-0.2, -0.15) is 4.98 Å². The predicted molar refractivity (Wildman–Crippen MR) is 86.4 cm³/mol. The van der Waals surface area contributed by atoms with Gasteiger partial charge < -0.3 is 14.5 Å². The van der Waals surface area contributed by atoms with Crippen LogP contribution < -0.4 is 9.64 Å². The summed E-state index contributed by atoms with van der Waals surface area (Å²) < 4.78 is 5.21.